The van der Waals surface area contributed by atoms with Gasteiger partial charge in [-0.15, -0.1) is 0 Å². The normalized spacial score (nSPS) is 16.1. The molecular formula is C23H24N6OS. The minimum absolute atomic E-state index is 0.0253. The van der Waals surface area contributed by atoms with Crippen molar-refractivity contribution in [1.82, 2.24) is 14.3 Å². The van der Waals surface area contributed by atoms with Gasteiger partial charge in [0.15, 0.2) is 0 Å². The monoisotopic (exact) mass is 432 g/mol. The van der Waals surface area contributed by atoms with Crippen LogP contribution in [0.25, 0.3) is 0 Å². The molecule has 0 aliphatic carbocycles. The van der Waals surface area contributed by atoms with Crippen LogP contribution in [0.2, 0.25) is 0 Å². The van der Waals surface area contributed by atoms with E-state index in [1.54, 1.807) is 24.3 Å². The van der Waals surface area contributed by atoms with Crippen LogP contribution in [0.3, 0.4) is 0 Å². The molecule has 7 nitrogen and oxygen atoms in total. The number of aryl methyl sites for hydroxylation is 1. The van der Waals surface area contributed by atoms with Crippen LogP contribution in [0.15, 0.2) is 48.5 Å². The summed E-state index contributed by atoms with van der Waals surface area (Å²) in [6.45, 7) is 6.11. The first-order valence-corrected chi connectivity index (χ1v) is 11.0. The number of carbonyl (C=O) groups excluding carboxylic acids is 1. The van der Waals surface area contributed by atoms with E-state index in [-0.39, 0.29) is 12.1 Å². The summed E-state index contributed by atoms with van der Waals surface area (Å²) in [5.74, 6) is 0.828. The van der Waals surface area contributed by atoms with Gasteiger partial charge in [0.2, 0.25) is 5.13 Å². The van der Waals surface area contributed by atoms with Crippen LogP contribution in [0.5, 0.6) is 0 Å². The Morgan fingerprint density at radius 2 is 2.06 bits per heavy atom. The van der Waals surface area contributed by atoms with E-state index in [9.17, 15) is 4.79 Å². The zero-order valence-corrected chi connectivity index (χ0v) is 18.4. The van der Waals surface area contributed by atoms with Crippen molar-refractivity contribution in [3.05, 3.63) is 71.0 Å². The number of urea groups is 1. The van der Waals surface area contributed by atoms with Gasteiger partial charge >= 0.3 is 6.03 Å². The number of aromatic nitrogens is 2. The number of benzene rings is 2. The standard InChI is InChI=1S/C23H24N6OS/c1-16-6-8-18(9-7-16)13-21-26-23(31-27-21)28-10-11-29(17(2)15-28)22(30)25-20-5-3-4-19(12-20)14-24/h3-9,12,17H,10-11,13,15H2,1-2H3,(H,25,30). The molecule has 1 aliphatic rings. The van der Waals surface area contributed by atoms with Crippen LogP contribution in [0.1, 0.15) is 29.4 Å². The Balaban J connectivity index is 1.35. The maximum absolute atomic E-state index is 12.7. The van der Waals surface area contributed by atoms with Crippen molar-refractivity contribution in [2.24, 2.45) is 0 Å². The maximum Gasteiger partial charge on any atom is 0.322 e. The van der Waals surface area contributed by atoms with Gasteiger partial charge in [-0.25, -0.2) is 9.78 Å². The number of nitrogens with zero attached hydrogens (tertiary/aromatic N) is 5. The Labute approximate surface area is 186 Å². The smallest absolute Gasteiger partial charge is 0.322 e. The highest BCUT2D eigenvalue weighted by Crippen LogP contribution is 2.23. The third-order valence-electron chi connectivity index (χ3n) is 5.34. The zero-order chi connectivity index (χ0) is 21.8. The molecule has 0 saturated carbocycles. The Hall–Kier alpha value is -3.44. The largest absolute Gasteiger partial charge is 0.343 e. The number of carbonyl (C=O) groups is 1. The van der Waals surface area contributed by atoms with Crippen LogP contribution < -0.4 is 10.2 Å². The number of rotatable bonds is 4. The Bertz CT molecular complexity index is 1100. The van der Waals surface area contributed by atoms with Crippen LogP contribution in [-0.2, 0) is 6.42 Å². The quantitative estimate of drug-likeness (QED) is 0.672. The molecular weight excluding hydrogens is 408 g/mol. The highest BCUT2D eigenvalue weighted by molar-refractivity contribution is 7.09. The molecule has 1 unspecified atom stereocenters. The lowest BCUT2D eigenvalue weighted by Gasteiger charge is -2.39. The summed E-state index contributed by atoms with van der Waals surface area (Å²) in [6.07, 6.45) is 0.719. The summed E-state index contributed by atoms with van der Waals surface area (Å²) in [5, 5.41) is 12.8. The van der Waals surface area contributed by atoms with Crippen molar-refractivity contribution < 1.29 is 4.79 Å². The maximum atomic E-state index is 12.7. The number of nitriles is 1. The first-order chi connectivity index (χ1) is 15.0. The van der Waals surface area contributed by atoms with Gasteiger partial charge in [0.05, 0.1) is 11.6 Å². The summed E-state index contributed by atoms with van der Waals surface area (Å²) in [4.78, 5) is 21.5. The molecule has 1 aromatic heterocycles. The van der Waals surface area contributed by atoms with Gasteiger partial charge in [-0.05, 0) is 37.6 Å². The SMILES string of the molecule is Cc1ccc(Cc2nsc(N3CCN(C(=O)Nc4cccc(C#N)c4)C(C)C3)n2)cc1. The molecule has 1 N–H and O–H groups in total. The van der Waals surface area contributed by atoms with Gasteiger partial charge in [-0.2, -0.15) is 9.64 Å². The Kier molecular flexibility index (Phi) is 6.14. The first kappa shape index (κ1) is 20.8. The van der Waals surface area contributed by atoms with E-state index in [0.717, 1.165) is 17.4 Å². The number of anilines is 2. The third kappa shape index (κ3) is 5.01. The van der Waals surface area contributed by atoms with Crippen LogP contribution >= 0.6 is 11.5 Å². The second-order valence-corrected chi connectivity index (χ2v) is 8.50. The minimum atomic E-state index is -0.153. The molecule has 1 fully saturated rings. The summed E-state index contributed by atoms with van der Waals surface area (Å²) in [5.41, 5.74) is 3.59. The molecule has 1 atom stereocenters. The second kappa shape index (κ2) is 9.14. The topological polar surface area (TPSA) is 85.2 Å². The number of amides is 2. The van der Waals surface area contributed by atoms with Gasteiger partial charge < -0.3 is 15.1 Å². The van der Waals surface area contributed by atoms with E-state index in [1.807, 2.05) is 11.8 Å². The summed E-state index contributed by atoms with van der Waals surface area (Å²) in [6, 6.07) is 17.3. The van der Waals surface area contributed by atoms with Crippen LogP contribution in [0, 0.1) is 18.3 Å². The minimum Gasteiger partial charge on any atom is -0.343 e. The van der Waals surface area contributed by atoms with E-state index in [2.05, 4.69) is 51.8 Å². The molecule has 1 aliphatic heterocycles. The predicted octanol–water partition coefficient (Wildman–Crippen LogP) is 4.05. The molecule has 2 heterocycles. The summed E-state index contributed by atoms with van der Waals surface area (Å²) < 4.78 is 4.53. The molecule has 1 saturated heterocycles. The molecule has 31 heavy (non-hydrogen) atoms. The summed E-state index contributed by atoms with van der Waals surface area (Å²) >= 11 is 1.41. The lowest BCUT2D eigenvalue weighted by Crippen LogP contribution is -2.55. The Morgan fingerprint density at radius 3 is 2.81 bits per heavy atom. The van der Waals surface area contributed by atoms with Gasteiger partial charge in [0.1, 0.15) is 5.82 Å². The number of hydrogen-bond acceptors (Lipinski definition) is 6. The molecule has 0 bridgehead atoms. The lowest BCUT2D eigenvalue weighted by atomic mass is 10.1. The number of nitrogens with one attached hydrogen (secondary N) is 1. The third-order valence-corrected chi connectivity index (χ3v) is 6.16. The highest BCUT2D eigenvalue weighted by atomic mass is 32.1. The first-order valence-electron chi connectivity index (χ1n) is 10.2. The molecule has 2 amide bonds. The van der Waals surface area contributed by atoms with E-state index < -0.39 is 0 Å². The second-order valence-electron chi connectivity index (χ2n) is 7.77. The molecule has 2 aromatic carbocycles. The van der Waals surface area contributed by atoms with Crippen molar-refractivity contribution in [3.63, 3.8) is 0 Å². The van der Waals surface area contributed by atoms with Gasteiger partial charge in [0.25, 0.3) is 0 Å². The van der Waals surface area contributed by atoms with Crippen molar-refractivity contribution in [2.45, 2.75) is 26.3 Å². The van der Waals surface area contributed by atoms with Crippen molar-refractivity contribution in [3.8, 4) is 6.07 Å². The highest BCUT2D eigenvalue weighted by Gasteiger charge is 2.29. The number of hydrogen-bond donors (Lipinski definition) is 1. The molecule has 3 aromatic rings. The lowest BCUT2D eigenvalue weighted by molar-refractivity contribution is 0.185. The van der Waals surface area contributed by atoms with Crippen molar-refractivity contribution in [2.75, 3.05) is 29.9 Å². The van der Waals surface area contributed by atoms with Gasteiger partial charge in [-0.1, -0.05) is 35.9 Å². The molecule has 8 heteroatoms. The predicted molar refractivity (Wildman–Crippen MR) is 122 cm³/mol. The van der Waals surface area contributed by atoms with E-state index >= 15 is 0 Å². The molecule has 4 rings (SSSR count). The zero-order valence-electron chi connectivity index (χ0n) is 17.6. The molecule has 0 spiro atoms. The van der Waals surface area contributed by atoms with Gasteiger partial charge in [-0.3, -0.25) is 0 Å². The molecule has 0 radical (unpaired) electrons. The van der Waals surface area contributed by atoms with E-state index in [1.165, 1.54) is 22.7 Å². The fourth-order valence-electron chi connectivity index (χ4n) is 3.63. The molecule has 158 valence electrons. The van der Waals surface area contributed by atoms with E-state index in [0.29, 0.717) is 30.9 Å². The van der Waals surface area contributed by atoms with Crippen LogP contribution in [0.4, 0.5) is 15.6 Å². The average Bonchev–Trinajstić information content (AvgIpc) is 3.24. The number of piperazine rings is 1. The fraction of sp³-hybridized carbons (Fsp3) is 0.304. The van der Waals surface area contributed by atoms with Crippen molar-refractivity contribution >= 4 is 28.4 Å². The van der Waals surface area contributed by atoms with E-state index in [4.69, 9.17) is 10.2 Å². The fourth-order valence-corrected chi connectivity index (χ4v) is 4.35. The average molecular weight is 433 g/mol. The van der Waals surface area contributed by atoms with Gasteiger partial charge in [0, 0.05) is 49.3 Å². The Morgan fingerprint density at radius 1 is 1.26 bits per heavy atom. The summed E-state index contributed by atoms with van der Waals surface area (Å²) in [7, 11) is 0. The van der Waals surface area contributed by atoms with Crippen LogP contribution in [-0.4, -0.2) is 46.0 Å². The van der Waals surface area contributed by atoms with Crippen molar-refractivity contribution in [1.29, 1.82) is 5.26 Å².